The van der Waals surface area contributed by atoms with Crippen molar-refractivity contribution in [2.45, 2.75) is 32.5 Å². The Morgan fingerprint density at radius 3 is 2.23 bits per heavy atom. The van der Waals surface area contributed by atoms with Crippen molar-refractivity contribution in [1.29, 1.82) is 0 Å². The molecule has 1 aromatic carbocycles. The van der Waals surface area contributed by atoms with Crippen LogP contribution in [0.25, 0.3) is 0 Å². The lowest BCUT2D eigenvalue weighted by molar-refractivity contribution is 0.112. The molecule has 2 aliphatic heterocycles. The van der Waals surface area contributed by atoms with Gasteiger partial charge in [0, 0.05) is 48.8 Å². The Bertz CT molecular complexity index is 938. The molecule has 2 aromatic rings. The van der Waals surface area contributed by atoms with Crippen LogP contribution in [-0.2, 0) is 19.6 Å². The maximum atomic E-state index is 14.1. The van der Waals surface area contributed by atoms with Crippen molar-refractivity contribution >= 4 is 15.9 Å². The topological polar surface area (TPSA) is 60.2 Å². The molecule has 2 fully saturated rings. The first-order valence-electron chi connectivity index (χ1n) is 10.4. The van der Waals surface area contributed by atoms with Gasteiger partial charge in [0.25, 0.3) is 0 Å². The summed E-state index contributed by atoms with van der Waals surface area (Å²) in [7, 11) is 0. The lowest BCUT2D eigenvalue weighted by Crippen LogP contribution is -2.45. The van der Waals surface area contributed by atoms with E-state index in [0.717, 1.165) is 43.7 Å². The summed E-state index contributed by atoms with van der Waals surface area (Å²) in [6.07, 6.45) is 2.34. The molecule has 4 rings (SSSR count). The molecule has 2 saturated heterocycles. The molecule has 8 heteroatoms. The maximum Gasteiger partial charge on any atom is 0.227 e. The molecule has 162 valence electrons. The Balaban J connectivity index is 1.35. The van der Waals surface area contributed by atoms with E-state index in [2.05, 4.69) is 30.6 Å². The fourth-order valence-corrected chi connectivity index (χ4v) is 4.47. The Labute approximate surface area is 184 Å². The van der Waals surface area contributed by atoms with Crippen LogP contribution >= 0.6 is 15.9 Å². The average Bonchev–Trinajstić information content (AvgIpc) is 3.22. The summed E-state index contributed by atoms with van der Waals surface area (Å²) in [5.41, 5.74) is 0.305. The maximum absolute atomic E-state index is 14.1. The van der Waals surface area contributed by atoms with Crippen LogP contribution in [0, 0.1) is 5.82 Å². The first-order valence-corrected chi connectivity index (χ1v) is 11.2. The number of hydrogen-bond acceptors (Lipinski definition) is 6. The molecular formula is C22H27BrFN3O3. The van der Waals surface area contributed by atoms with Crippen LogP contribution in [0.1, 0.15) is 29.9 Å². The number of aromatic hydroxyl groups is 1. The van der Waals surface area contributed by atoms with Crippen LogP contribution in [-0.4, -0.2) is 59.1 Å². The summed E-state index contributed by atoms with van der Waals surface area (Å²) in [6, 6.07) is 6.56. The van der Waals surface area contributed by atoms with Gasteiger partial charge in [-0.2, -0.15) is 0 Å². The van der Waals surface area contributed by atoms with Crippen LogP contribution in [0.2, 0.25) is 0 Å². The minimum absolute atomic E-state index is 0.201. The van der Waals surface area contributed by atoms with Crippen LogP contribution in [0.15, 0.2) is 37.9 Å². The van der Waals surface area contributed by atoms with Gasteiger partial charge in [-0.05, 0) is 38.1 Å². The van der Waals surface area contributed by atoms with Gasteiger partial charge in [-0.15, -0.1) is 0 Å². The Hall–Kier alpha value is -1.74. The monoisotopic (exact) mass is 479 g/mol. The van der Waals surface area contributed by atoms with Crippen molar-refractivity contribution < 1.29 is 13.9 Å². The quantitative estimate of drug-likeness (QED) is 0.686. The average molecular weight is 480 g/mol. The number of rotatable bonds is 6. The van der Waals surface area contributed by atoms with Crippen LogP contribution in [0.5, 0.6) is 5.75 Å². The highest BCUT2D eigenvalue weighted by Crippen LogP contribution is 2.21. The second-order valence-corrected chi connectivity index (χ2v) is 9.04. The molecule has 1 aromatic heterocycles. The molecule has 1 N–H and O–H groups in total. The van der Waals surface area contributed by atoms with Gasteiger partial charge in [0.05, 0.1) is 13.1 Å². The number of piperazine rings is 1. The van der Waals surface area contributed by atoms with Crippen LogP contribution < -0.4 is 5.43 Å². The normalized spacial score (nSPS) is 18.9. The van der Waals surface area contributed by atoms with Gasteiger partial charge in [0.2, 0.25) is 11.2 Å². The largest absolute Gasteiger partial charge is 0.502 e. The van der Waals surface area contributed by atoms with E-state index in [1.54, 1.807) is 0 Å². The highest BCUT2D eigenvalue weighted by Gasteiger charge is 2.22. The van der Waals surface area contributed by atoms with E-state index in [1.165, 1.54) is 25.0 Å². The summed E-state index contributed by atoms with van der Waals surface area (Å²) in [5.74, 6) is 0.455. The van der Waals surface area contributed by atoms with E-state index >= 15 is 0 Å². The molecule has 0 spiro atoms. The van der Waals surface area contributed by atoms with E-state index in [0.29, 0.717) is 36.7 Å². The van der Waals surface area contributed by atoms with Gasteiger partial charge in [-0.1, -0.05) is 22.0 Å². The molecule has 2 aliphatic rings. The zero-order valence-corrected chi connectivity index (χ0v) is 18.5. The first-order chi connectivity index (χ1) is 14.5. The molecule has 6 nitrogen and oxygen atoms in total. The second kappa shape index (κ2) is 9.60. The number of likely N-dealkylation sites (tertiary alicyclic amines) is 1. The standard InChI is InChI=1S/C22H27BrFN3O3/c23-17-4-3-16(19(24)11-17)13-26-7-9-27(10-8-26)15-21-22(29)20(28)12-18(30-21)14-25-5-1-2-6-25/h3-4,11-12,29H,1-2,5-10,13-15H2. The van der Waals surface area contributed by atoms with Crippen molar-refractivity contribution in [2.75, 3.05) is 39.3 Å². The molecule has 0 saturated carbocycles. The Kier molecular flexibility index (Phi) is 6.87. The van der Waals surface area contributed by atoms with Crippen molar-refractivity contribution in [3.05, 3.63) is 61.9 Å². The molecule has 3 heterocycles. The predicted molar refractivity (Wildman–Crippen MR) is 116 cm³/mol. The Morgan fingerprint density at radius 2 is 1.57 bits per heavy atom. The van der Waals surface area contributed by atoms with Crippen LogP contribution in [0.4, 0.5) is 4.39 Å². The summed E-state index contributed by atoms with van der Waals surface area (Å²) >= 11 is 3.29. The zero-order valence-electron chi connectivity index (χ0n) is 16.9. The fourth-order valence-electron chi connectivity index (χ4n) is 4.13. The third kappa shape index (κ3) is 5.29. The van der Waals surface area contributed by atoms with Crippen molar-refractivity contribution in [3.8, 4) is 5.75 Å². The van der Waals surface area contributed by atoms with Gasteiger partial charge >= 0.3 is 0 Å². The Morgan fingerprint density at radius 1 is 0.933 bits per heavy atom. The van der Waals surface area contributed by atoms with Gasteiger partial charge in [-0.3, -0.25) is 19.5 Å². The zero-order chi connectivity index (χ0) is 21.1. The smallest absolute Gasteiger partial charge is 0.227 e. The molecule has 30 heavy (non-hydrogen) atoms. The van der Waals surface area contributed by atoms with E-state index in [9.17, 15) is 14.3 Å². The molecule has 0 amide bonds. The van der Waals surface area contributed by atoms with E-state index in [-0.39, 0.29) is 17.0 Å². The molecule has 0 radical (unpaired) electrons. The minimum Gasteiger partial charge on any atom is -0.502 e. The number of benzene rings is 1. The highest BCUT2D eigenvalue weighted by atomic mass is 79.9. The summed E-state index contributed by atoms with van der Waals surface area (Å²) < 4.78 is 20.7. The van der Waals surface area contributed by atoms with Gasteiger partial charge in [0.15, 0.2) is 5.76 Å². The first kappa shape index (κ1) is 21.5. The summed E-state index contributed by atoms with van der Waals surface area (Å²) in [5, 5.41) is 10.2. The number of nitrogens with zero attached hydrogens (tertiary/aromatic N) is 3. The van der Waals surface area contributed by atoms with Crippen LogP contribution in [0.3, 0.4) is 0 Å². The molecule has 0 unspecified atom stereocenters. The summed E-state index contributed by atoms with van der Waals surface area (Å²) in [6.45, 7) is 6.70. The SMILES string of the molecule is O=c1cc(CN2CCCC2)oc(CN2CCN(Cc3ccc(Br)cc3F)CC2)c1O. The highest BCUT2D eigenvalue weighted by molar-refractivity contribution is 9.10. The van der Waals surface area contributed by atoms with Gasteiger partial charge in [-0.25, -0.2) is 4.39 Å². The van der Waals surface area contributed by atoms with Gasteiger partial charge < -0.3 is 9.52 Å². The van der Waals surface area contributed by atoms with E-state index in [1.807, 2.05) is 12.1 Å². The summed E-state index contributed by atoms with van der Waals surface area (Å²) in [4.78, 5) is 18.8. The van der Waals surface area contributed by atoms with Crippen molar-refractivity contribution in [2.24, 2.45) is 0 Å². The van der Waals surface area contributed by atoms with E-state index in [4.69, 9.17) is 4.42 Å². The number of halogens is 2. The van der Waals surface area contributed by atoms with Crippen molar-refractivity contribution in [3.63, 3.8) is 0 Å². The molecule has 0 aliphatic carbocycles. The third-order valence-corrected chi connectivity index (χ3v) is 6.36. The third-order valence-electron chi connectivity index (χ3n) is 5.86. The lowest BCUT2D eigenvalue weighted by atomic mass is 10.2. The number of hydrogen-bond donors (Lipinski definition) is 1. The van der Waals surface area contributed by atoms with Gasteiger partial charge in [0.1, 0.15) is 11.6 Å². The van der Waals surface area contributed by atoms with E-state index < -0.39 is 0 Å². The lowest BCUT2D eigenvalue weighted by Gasteiger charge is -2.34. The van der Waals surface area contributed by atoms with Crippen molar-refractivity contribution in [1.82, 2.24) is 14.7 Å². The molecular weight excluding hydrogens is 453 g/mol. The second-order valence-electron chi connectivity index (χ2n) is 8.12. The minimum atomic E-state index is -0.380. The molecule has 0 atom stereocenters. The predicted octanol–water partition coefficient (Wildman–Crippen LogP) is 3.16. The molecule has 0 bridgehead atoms. The fraction of sp³-hybridized carbons (Fsp3) is 0.500.